The molecule has 11 heteroatoms. The van der Waals surface area contributed by atoms with Gasteiger partial charge in [0.15, 0.2) is 13.2 Å². The fraction of sp³-hybridized carbons (Fsp3) is 1.00. The number of rotatable bonds is 5. The molecule has 0 fully saturated rings. The number of nitro groups is 2. The third-order valence-corrected chi connectivity index (χ3v) is 1.40. The lowest BCUT2D eigenvalue weighted by molar-refractivity contribution is -0.802. The predicted molar refractivity (Wildman–Crippen MR) is 35.8 cm³/mol. The van der Waals surface area contributed by atoms with Gasteiger partial charge in [-0.3, -0.25) is 25.0 Å². The summed E-state index contributed by atoms with van der Waals surface area (Å²) in [6.45, 7) is -3.60. The first kappa shape index (κ1) is 13.5. The zero-order valence-corrected chi connectivity index (χ0v) is 6.93. The molecule has 1 N–H and O–H groups in total. The highest BCUT2D eigenvalue weighted by Crippen LogP contribution is 2.20. The first-order valence-electron chi connectivity index (χ1n) is 3.26. The number of ether oxygens (including phenoxy) is 1. The van der Waals surface area contributed by atoms with Crippen molar-refractivity contribution in [2.45, 2.75) is 12.0 Å². The quantitative estimate of drug-likeness (QED) is 0.398. The van der Waals surface area contributed by atoms with Crippen molar-refractivity contribution in [1.82, 2.24) is 0 Å². The van der Waals surface area contributed by atoms with Crippen LogP contribution in [0.4, 0.5) is 13.2 Å². The van der Waals surface area contributed by atoms with Crippen LogP contribution in [0.25, 0.3) is 0 Å². The third kappa shape index (κ3) is 3.28. The molecule has 0 aliphatic carbocycles. The minimum atomic E-state index is -5.24. The van der Waals surface area contributed by atoms with Gasteiger partial charge in [0.25, 0.3) is 0 Å². The summed E-state index contributed by atoms with van der Waals surface area (Å²) in [5, 5.41) is 28.7. The van der Waals surface area contributed by atoms with E-state index in [1.807, 2.05) is 0 Å². The molecule has 0 rings (SSSR count). The molecule has 0 heterocycles. The van der Waals surface area contributed by atoms with Gasteiger partial charge in [-0.05, 0) is 0 Å². The second-order valence-electron chi connectivity index (χ2n) is 2.39. The lowest BCUT2D eigenvalue weighted by Crippen LogP contribution is -2.54. The van der Waals surface area contributed by atoms with E-state index < -0.39 is 35.1 Å². The van der Waals surface area contributed by atoms with E-state index in [0.717, 1.165) is 0 Å². The van der Waals surface area contributed by atoms with Crippen molar-refractivity contribution in [1.29, 1.82) is 0 Å². The molecule has 0 unspecified atom stereocenters. The van der Waals surface area contributed by atoms with Crippen LogP contribution in [-0.2, 0) is 4.74 Å². The van der Waals surface area contributed by atoms with Crippen molar-refractivity contribution < 1.29 is 32.9 Å². The standard InChI is InChI=1S/C4H5F3N2O6/c5-4(6,7)15-2-3(1-10,8(11)12)9(13)14/h10H,1-2H2. The maximum absolute atomic E-state index is 11.5. The largest absolute Gasteiger partial charge is 0.523 e. The van der Waals surface area contributed by atoms with Crippen LogP contribution < -0.4 is 0 Å². The van der Waals surface area contributed by atoms with E-state index in [-0.39, 0.29) is 0 Å². The molecule has 0 amide bonds. The Morgan fingerprint density at radius 3 is 1.80 bits per heavy atom. The van der Waals surface area contributed by atoms with E-state index in [4.69, 9.17) is 5.11 Å². The van der Waals surface area contributed by atoms with Crippen molar-refractivity contribution in [2.24, 2.45) is 0 Å². The molecule has 8 nitrogen and oxygen atoms in total. The molecule has 0 aromatic carbocycles. The SMILES string of the molecule is O=[N+]([O-])C(CO)(COC(F)(F)F)[N+](=O)[O-]. The molecule has 0 radical (unpaired) electrons. The Bertz CT molecular complexity index is 252. The molecular weight excluding hydrogens is 229 g/mol. The average Bonchev–Trinajstić information content (AvgIpc) is 2.02. The molecule has 0 saturated heterocycles. The number of nitrogens with zero attached hydrogens (tertiary/aromatic N) is 2. The van der Waals surface area contributed by atoms with Gasteiger partial charge in [0.2, 0.25) is 0 Å². The fourth-order valence-electron chi connectivity index (χ4n) is 0.531. The Morgan fingerprint density at radius 2 is 1.60 bits per heavy atom. The minimum Gasteiger partial charge on any atom is -0.382 e. The number of aliphatic hydroxyl groups excluding tert-OH is 1. The van der Waals surface area contributed by atoms with Crippen molar-refractivity contribution in [3.63, 3.8) is 0 Å². The monoisotopic (exact) mass is 234 g/mol. The van der Waals surface area contributed by atoms with Gasteiger partial charge >= 0.3 is 12.0 Å². The maximum Gasteiger partial charge on any atom is 0.523 e. The second kappa shape index (κ2) is 4.35. The van der Waals surface area contributed by atoms with E-state index in [2.05, 4.69) is 4.74 Å². The number of alkyl halides is 3. The molecule has 15 heavy (non-hydrogen) atoms. The summed E-state index contributed by atoms with van der Waals surface area (Å²) >= 11 is 0. The van der Waals surface area contributed by atoms with Crippen LogP contribution in [0.5, 0.6) is 0 Å². The molecule has 0 bridgehead atoms. The lowest BCUT2D eigenvalue weighted by Gasteiger charge is -2.15. The Morgan fingerprint density at radius 1 is 1.20 bits per heavy atom. The van der Waals surface area contributed by atoms with E-state index in [1.165, 1.54) is 0 Å². The third-order valence-electron chi connectivity index (χ3n) is 1.40. The maximum atomic E-state index is 11.5. The first-order chi connectivity index (χ1) is 6.65. The minimum absolute atomic E-state index is 1.64. The molecular formula is C4H5F3N2O6. The van der Waals surface area contributed by atoms with Gasteiger partial charge in [0.1, 0.15) is 9.85 Å². The summed E-state index contributed by atoms with van der Waals surface area (Å²) in [5.74, 6) is 0. The number of halogens is 3. The average molecular weight is 234 g/mol. The van der Waals surface area contributed by atoms with Crippen LogP contribution in [0.1, 0.15) is 0 Å². The number of hydrogen-bond acceptors (Lipinski definition) is 6. The number of aliphatic hydroxyl groups is 1. The molecule has 88 valence electrons. The van der Waals surface area contributed by atoms with Gasteiger partial charge in [-0.25, -0.2) is 0 Å². The zero-order chi connectivity index (χ0) is 12.3. The van der Waals surface area contributed by atoms with Crippen LogP contribution in [0.3, 0.4) is 0 Å². The van der Waals surface area contributed by atoms with Gasteiger partial charge < -0.3 is 5.11 Å². The van der Waals surface area contributed by atoms with Crippen LogP contribution in [0.2, 0.25) is 0 Å². The predicted octanol–water partition coefficient (Wildman–Crippen LogP) is -0.235. The van der Waals surface area contributed by atoms with Crippen molar-refractivity contribution in [3.05, 3.63) is 20.2 Å². The summed E-state index contributed by atoms with van der Waals surface area (Å²) in [6, 6.07) is 0. The molecule has 0 aromatic heterocycles. The van der Waals surface area contributed by atoms with Gasteiger partial charge in [0, 0.05) is 0 Å². The smallest absolute Gasteiger partial charge is 0.382 e. The van der Waals surface area contributed by atoms with Crippen molar-refractivity contribution in [3.8, 4) is 0 Å². The summed E-state index contributed by atoms with van der Waals surface area (Å²) in [4.78, 5) is 17.1. The van der Waals surface area contributed by atoms with E-state index in [0.29, 0.717) is 0 Å². The van der Waals surface area contributed by atoms with Gasteiger partial charge in [-0.15, -0.1) is 13.2 Å². The first-order valence-corrected chi connectivity index (χ1v) is 3.26. The van der Waals surface area contributed by atoms with E-state index in [1.54, 1.807) is 0 Å². The molecule has 0 spiro atoms. The van der Waals surface area contributed by atoms with Crippen LogP contribution >= 0.6 is 0 Å². The van der Waals surface area contributed by atoms with Gasteiger partial charge in [-0.2, -0.15) is 0 Å². The highest BCUT2D eigenvalue weighted by molar-refractivity contribution is 4.64. The van der Waals surface area contributed by atoms with Crippen LogP contribution in [0.15, 0.2) is 0 Å². The molecule has 0 saturated carbocycles. The molecule has 0 aliphatic rings. The Kier molecular flexibility index (Phi) is 3.92. The van der Waals surface area contributed by atoms with E-state index in [9.17, 15) is 33.4 Å². The topological polar surface area (TPSA) is 116 Å². The summed E-state index contributed by atoms with van der Waals surface area (Å²) < 4.78 is 37.5. The zero-order valence-electron chi connectivity index (χ0n) is 6.93. The normalized spacial score (nSPS) is 12.5. The lowest BCUT2D eigenvalue weighted by atomic mass is 10.2. The van der Waals surface area contributed by atoms with Crippen molar-refractivity contribution >= 4 is 0 Å². The van der Waals surface area contributed by atoms with Crippen molar-refractivity contribution in [2.75, 3.05) is 13.2 Å². The Balaban J connectivity index is 4.80. The molecule has 0 aromatic rings. The second-order valence-corrected chi connectivity index (χ2v) is 2.39. The summed E-state index contributed by atoms with van der Waals surface area (Å²) in [5.41, 5.74) is -3.39. The molecule has 0 atom stereocenters. The highest BCUT2D eigenvalue weighted by atomic mass is 19.4. The van der Waals surface area contributed by atoms with Gasteiger partial charge in [-0.1, -0.05) is 0 Å². The highest BCUT2D eigenvalue weighted by Gasteiger charge is 2.58. The van der Waals surface area contributed by atoms with Crippen LogP contribution in [-0.4, -0.2) is 40.2 Å². The summed E-state index contributed by atoms with van der Waals surface area (Å²) in [7, 11) is 0. The van der Waals surface area contributed by atoms with E-state index >= 15 is 0 Å². The molecule has 0 aliphatic heterocycles. The summed E-state index contributed by atoms with van der Waals surface area (Å²) in [6.07, 6.45) is -5.24. The number of hydrogen-bond donors (Lipinski definition) is 1. The fourth-order valence-corrected chi connectivity index (χ4v) is 0.531. The van der Waals surface area contributed by atoms with Crippen LogP contribution in [0, 0.1) is 20.2 Å². The van der Waals surface area contributed by atoms with Gasteiger partial charge in [0.05, 0.1) is 0 Å². The Labute approximate surface area is 79.5 Å². The Hall–Kier alpha value is -1.49.